The summed E-state index contributed by atoms with van der Waals surface area (Å²) in [6, 6.07) is 0.152. The van der Waals surface area contributed by atoms with Crippen LogP contribution < -0.4 is 5.73 Å². The zero-order valence-corrected chi connectivity index (χ0v) is 9.66. The number of aliphatic hydroxyl groups excluding tert-OH is 1. The third-order valence-corrected chi connectivity index (χ3v) is 2.71. The Labute approximate surface area is 87.3 Å². The lowest BCUT2D eigenvalue weighted by Crippen LogP contribution is -2.49. The third-order valence-electron chi connectivity index (χ3n) is 2.71. The predicted octanol–water partition coefficient (Wildman–Crippen LogP) is 0.817. The Bertz CT molecular complexity index is 167. The Morgan fingerprint density at radius 3 is 2.50 bits per heavy atom. The van der Waals surface area contributed by atoms with Gasteiger partial charge in [0.15, 0.2) is 0 Å². The molecule has 1 heterocycles. The van der Waals surface area contributed by atoms with Gasteiger partial charge in [0.2, 0.25) is 0 Å². The van der Waals surface area contributed by atoms with Gasteiger partial charge >= 0.3 is 0 Å². The Morgan fingerprint density at radius 1 is 1.36 bits per heavy atom. The van der Waals surface area contributed by atoms with Crippen molar-refractivity contribution in [2.75, 3.05) is 19.6 Å². The molecule has 84 valence electrons. The Balaban J connectivity index is 2.30. The average molecular weight is 200 g/mol. The van der Waals surface area contributed by atoms with Gasteiger partial charge in [0.1, 0.15) is 0 Å². The molecule has 3 heteroatoms. The zero-order valence-electron chi connectivity index (χ0n) is 9.66. The number of β-amino-alcohol motifs (C(OH)–C–C–N with tert-alkyl or cyclic N) is 1. The minimum atomic E-state index is -0.223. The van der Waals surface area contributed by atoms with Gasteiger partial charge in [-0.2, -0.15) is 0 Å². The van der Waals surface area contributed by atoms with Gasteiger partial charge in [0, 0.05) is 19.1 Å². The molecule has 0 amide bonds. The molecule has 0 spiro atoms. The van der Waals surface area contributed by atoms with Gasteiger partial charge < -0.3 is 10.8 Å². The summed E-state index contributed by atoms with van der Waals surface area (Å²) in [6.07, 6.45) is 1.69. The van der Waals surface area contributed by atoms with Crippen molar-refractivity contribution in [1.82, 2.24) is 4.90 Å². The van der Waals surface area contributed by atoms with Gasteiger partial charge in [-0.05, 0) is 24.8 Å². The van der Waals surface area contributed by atoms with Crippen molar-refractivity contribution in [3.05, 3.63) is 0 Å². The van der Waals surface area contributed by atoms with Gasteiger partial charge in [-0.3, -0.25) is 4.90 Å². The highest BCUT2D eigenvalue weighted by Gasteiger charge is 2.24. The molecule has 1 fully saturated rings. The van der Waals surface area contributed by atoms with E-state index in [0.717, 1.165) is 32.5 Å². The number of nitrogens with two attached hydrogens (primary N) is 1. The molecule has 0 aliphatic carbocycles. The van der Waals surface area contributed by atoms with Crippen LogP contribution in [0.15, 0.2) is 0 Å². The maximum Gasteiger partial charge on any atom is 0.0682 e. The summed E-state index contributed by atoms with van der Waals surface area (Å²) in [5.41, 5.74) is 6.22. The lowest BCUT2D eigenvalue weighted by Gasteiger charge is -2.35. The summed E-state index contributed by atoms with van der Waals surface area (Å²) in [5, 5.41) is 9.56. The number of hydrogen-bond acceptors (Lipinski definition) is 3. The summed E-state index contributed by atoms with van der Waals surface area (Å²) in [6.45, 7) is 9.51. The fourth-order valence-corrected chi connectivity index (χ4v) is 1.88. The maximum absolute atomic E-state index is 9.56. The van der Waals surface area contributed by atoms with E-state index in [-0.39, 0.29) is 12.1 Å². The van der Waals surface area contributed by atoms with Crippen molar-refractivity contribution in [1.29, 1.82) is 0 Å². The molecule has 3 nitrogen and oxygen atoms in total. The molecule has 1 rings (SSSR count). The summed E-state index contributed by atoms with van der Waals surface area (Å²) < 4.78 is 0. The van der Waals surface area contributed by atoms with Crippen LogP contribution >= 0.6 is 0 Å². The lowest BCUT2D eigenvalue weighted by atomic mass is 9.91. The normalized spacial score (nSPS) is 30.6. The summed E-state index contributed by atoms with van der Waals surface area (Å²) in [7, 11) is 0. The largest absolute Gasteiger partial charge is 0.392 e. The van der Waals surface area contributed by atoms with Crippen molar-refractivity contribution in [3.8, 4) is 0 Å². The van der Waals surface area contributed by atoms with Crippen molar-refractivity contribution in [2.24, 2.45) is 11.1 Å². The molecule has 1 aliphatic rings. The third kappa shape index (κ3) is 4.40. The Kier molecular flexibility index (Phi) is 3.93. The second-order valence-corrected chi connectivity index (χ2v) is 5.72. The first-order chi connectivity index (χ1) is 6.37. The second kappa shape index (κ2) is 4.60. The van der Waals surface area contributed by atoms with Crippen LogP contribution in [0.25, 0.3) is 0 Å². The molecule has 14 heavy (non-hydrogen) atoms. The molecular formula is C11H24N2O. The van der Waals surface area contributed by atoms with Gasteiger partial charge in [-0.25, -0.2) is 0 Å². The summed E-state index contributed by atoms with van der Waals surface area (Å²) in [4.78, 5) is 2.28. The maximum atomic E-state index is 9.56. The van der Waals surface area contributed by atoms with Crippen LogP contribution in [-0.2, 0) is 0 Å². The molecule has 0 aromatic carbocycles. The summed E-state index contributed by atoms with van der Waals surface area (Å²) >= 11 is 0. The first kappa shape index (κ1) is 12.0. The number of rotatable bonds is 2. The van der Waals surface area contributed by atoms with Crippen molar-refractivity contribution < 1.29 is 5.11 Å². The monoisotopic (exact) mass is 200 g/mol. The molecule has 0 bridgehead atoms. The molecule has 0 radical (unpaired) electrons. The number of hydrogen-bond donors (Lipinski definition) is 2. The second-order valence-electron chi connectivity index (χ2n) is 5.72. The van der Waals surface area contributed by atoms with E-state index >= 15 is 0 Å². The standard InChI is InChI=1S/C11H24N2O/c1-11(2,3)4-5-13-7-9(12)6-10(14)8-13/h9-10,14H,4-8,12H2,1-3H3. The highest BCUT2D eigenvalue weighted by molar-refractivity contribution is 4.81. The van der Waals surface area contributed by atoms with Gasteiger partial charge in [0.05, 0.1) is 6.10 Å². The van der Waals surface area contributed by atoms with Gasteiger partial charge in [-0.15, -0.1) is 0 Å². The van der Waals surface area contributed by atoms with Gasteiger partial charge in [0.25, 0.3) is 0 Å². The fraction of sp³-hybridized carbons (Fsp3) is 1.00. The van der Waals surface area contributed by atoms with Crippen molar-refractivity contribution in [2.45, 2.75) is 45.8 Å². The molecule has 1 aliphatic heterocycles. The number of nitrogens with zero attached hydrogens (tertiary/aromatic N) is 1. The van der Waals surface area contributed by atoms with E-state index in [9.17, 15) is 5.11 Å². The van der Waals surface area contributed by atoms with Crippen LogP contribution in [0.3, 0.4) is 0 Å². The first-order valence-corrected chi connectivity index (χ1v) is 5.53. The molecule has 1 saturated heterocycles. The summed E-state index contributed by atoms with van der Waals surface area (Å²) in [5.74, 6) is 0. The topological polar surface area (TPSA) is 49.5 Å². The average Bonchev–Trinajstić information content (AvgIpc) is 1.97. The zero-order chi connectivity index (χ0) is 10.8. The Morgan fingerprint density at radius 2 is 2.00 bits per heavy atom. The minimum absolute atomic E-state index is 0.152. The van der Waals surface area contributed by atoms with E-state index in [4.69, 9.17) is 5.73 Å². The van der Waals surface area contributed by atoms with Crippen LogP contribution in [0.5, 0.6) is 0 Å². The van der Waals surface area contributed by atoms with Crippen LogP contribution in [0.1, 0.15) is 33.6 Å². The van der Waals surface area contributed by atoms with Crippen molar-refractivity contribution in [3.63, 3.8) is 0 Å². The fourth-order valence-electron chi connectivity index (χ4n) is 1.88. The van der Waals surface area contributed by atoms with E-state index in [0.29, 0.717) is 5.41 Å². The Hall–Kier alpha value is -0.120. The predicted molar refractivity (Wildman–Crippen MR) is 59.1 cm³/mol. The molecule has 2 unspecified atom stereocenters. The molecule has 0 aromatic rings. The van der Waals surface area contributed by atoms with E-state index in [1.54, 1.807) is 0 Å². The molecule has 3 N–H and O–H groups in total. The number of piperidine rings is 1. The molecule has 2 atom stereocenters. The highest BCUT2D eigenvalue weighted by atomic mass is 16.3. The smallest absolute Gasteiger partial charge is 0.0682 e. The van der Waals surface area contributed by atoms with Crippen LogP contribution in [0.4, 0.5) is 0 Å². The van der Waals surface area contributed by atoms with E-state index in [1.165, 1.54) is 0 Å². The highest BCUT2D eigenvalue weighted by Crippen LogP contribution is 2.20. The van der Waals surface area contributed by atoms with Crippen LogP contribution in [-0.4, -0.2) is 41.8 Å². The van der Waals surface area contributed by atoms with Crippen molar-refractivity contribution >= 4 is 0 Å². The van der Waals surface area contributed by atoms with E-state index in [1.807, 2.05) is 0 Å². The van der Waals surface area contributed by atoms with E-state index in [2.05, 4.69) is 25.7 Å². The number of aliphatic hydroxyl groups is 1. The van der Waals surface area contributed by atoms with Gasteiger partial charge in [-0.1, -0.05) is 20.8 Å². The first-order valence-electron chi connectivity index (χ1n) is 5.53. The quantitative estimate of drug-likeness (QED) is 0.694. The molecule has 0 aromatic heterocycles. The molecule has 0 saturated carbocycles. The van der Waals surface area contributed by atoms with Crippen LogP contribution in [0, 0.1) is 5.41 Å². The lowest BCUT2D eigenvalue weighted by molar-refractivity contribution is 0.0549. The SMILES string of the molecule is CC(C)(C)CCN1CC(N)CC(O)C1. The number of likely N-dealkylation sites (tertiary alicyclic amines) is 1. The van der Waals surface area contributed by atoms with E-state index < -0.39 is 0 Å². The van der Waals surface area contributed by atoms with Crippen LogP contribution in [0.2, 0.25) is 0 Å². The molecular weight excluding hydrogens is 176 g/mol. The minimum Gasteiger partial charge on any atom is -0.392 e.